The van der Waals surface area contributed by atoms with Gasteiger partial charge in [-0.25, -0.2) is 0 Å². The van der Waals surface area contributed by atoms with Crippen LogP contribution in [0.2, 0.25) is 0 Å². The van der Waals surface area contributed by atoms with E-state index in [1.54, 1.807) is 0 Å². The van der Waals surface area contributed by atoms with Crippen LogP contribution in [-0.2, 0) is 0 Å². The van der Waals surface area contributed by atoms with E-state index in [9.17, 15) is 0 Å². The molecule has 0 amide bonds. The molecule has 2 atom stereocenters. The minimum Gasteiger partial charge on any atom is -0.315 e. The van der Waals surface area contributed by atoms with Crippen molar-refractivity contribution in [1.29, 1.82) is 0 Å². The molecule has 2 N–H and O–H groups in total. The third-order valence-corrected chi connectivity index (χ3v) is 3.30. The minimum atomic E-state index is 0.664. The lowest BCUT2D eigenvalue weighted by molar-refractivity contribution is 0.448. The summed E-state index contributed by atoms with van der Waals surface area (Å²) >= 11 is 0. The molecule has 0 saturated heterocycles. The Morgan fingerprint density at radius 2 is 1.93 bits per heavy atom. The van der Waals surface area contributed by atoms with Crippen LogP contribution < -0.4 is 10.6 Å². The zero-order valence-corrected chi connectivity index (χ0v) is 9.97. The Labute approximate surface area is 88.8 Å². The van der Waals surface area contributed by atoms with Gasteiger partial charge in [0.1, 0.15) is 0 Å². The summed E-state index contributed by atoms with van der Waals surface area (Å²) in [6.45, 7) is 10.3. The molecule has 1 aliphatic carbocycles. The maximum absolute atomic E-state index is 3.52. The molecular weight excluding hydrogens is 172 g/mol. The Morgan fingerprint density at radius 1 is 1.21 bits per heavy atom. The number of rotatable bonds is 8. The molecule has 0 radical (unpaired) electrons. The molecule has 0 aromatic heterocycles. The summed E-state index contributed by atoms with van der Waals surface area (Å²) in [6, 6.07) is 0.664. The van der Waals surface area contributed by atoms with Crippen molar-refractivity contribution in [2.24, 2.45) is 11.8 Å². The summed E-state index contributed by atoms with van der Waals surface area (Å²) in [4.78, 5) is 0. The quantitative estimate of drug-likeness (QED) is 0.583. The van der Waals surface area contributed by atoms with Crippen LogP contribution in [0.1, 0.15) is 40.0 Å². The molecule has 0 aromatic carbocycles. The molecule has 0 bridgehead atoms. The van der Waals surface area contributed by atoms with Gasteiger partial charge in [-0.1, -0.05) is 13.8 Å². The smallest absolute Gasteiger partial charge is 0.00792 e. The lowest BCUT2D eigenvalue weighted by atomic mass is 10.1. The van der Waals surface area contributed by atoms with Crippen LogP contribution in [0.3, 0.4) is 0 Å². The number of nitrogens with one attached hydrogen (secondary N) is 2. The van der Waals surface area contributed by atoms with E-state index in [2.05, 4.69) is 31.4 Å². The van der Waals surface area contributed by atoms with Crippen LogP contribution in [0.25, 0.3) is 0 Å². The fourth-order valence-corrected chi connectivity index (χ4v) is 1.71. The first-order valence-electron chi connectivity index (χ1n) is 6.18. The highest BCUT2D eigenvalue weighted by molar-refractivity contribution is 4.79. The van der Waals surface area contributed by atoms with E-state index in [1.165, 1.54) is 25.8 Å². The first-order valence-corrected chi connectivity index (χ1v) is 6.18. The Balaban J connectivity index is 1.83. The summed E-state index contributed by atoms with van der Waals surface area (Å²) in [7, 11) is 0. The van der Waals surface area contributed by atoms with Gasteiger partial charge in [0.05, 0.1) is 0 Å². The molecule has 1 saturated carbocycles. The SMILES string of the molecule is CCC(C)NCCNCC(C)C1CC1. The molecule has 0 spiro atoms. The number of hydrogen-bond donors (Lipinski definition) is 2. The minimum absolute atomic E-state index is 0.664. The van der Waals surface area contributed by atoms with E-state index in [0.29, 0.717) is 6.04 Å². The summed E-state index contributed by atoms with van der Waals surface area (Å²) in [5.41, 5.74) is 0. The normalized spacial score (nSPS) is 20.8. The highest BCUT2D eigenvalue weighted by atomic mass is 15.0. The van der Waals surface area contributed by atoms with E-state index in [0.717, 1.165) is 24.9 Å². The van der Waals surface area contributed by atoms with Gasteiger partial charge in [-0.2, -0.15) is 0 Å². The van der Waals surface area contributed by atoms with Crippen LogP contribution in [0.5, 0.6) is 0 Å². The second kappa shape index (κ2) is 6.41. The topological polar surface area (TPSA) is 24.1 Å². The summed E-state index contributed by atoms with van der Waals surface area (Å²) < 4.78 is 0. The average Bonchev–Trinajstić information content (AvgIpc) is 2.99. The van der Waals surface area contributed by atoms with E-state index in [1.807, 2.05) is 0 Å². The molecule has 1 aliphatic rings. The van der Waals surface area contributed by atoms with Gasteiger partial charge < -0.3 is 10.6 Å². The van der Waals surface area contributed by atoms with Crippen molar-refractivity contribution < 1.29 is 0 Å². The van der Waals surface area contributed by atoms with Crippen LogP contribution in [0, 0.1) is 11.8 Å². The fraction of sp³-hybridized carbons (Fsp3) is 1.00. The Hall–Kier alpha value is -0.0800. The third-order valence-electron chi connectivity index (χ3n) is 3.30. The van der Waals surface area contributed by atoms with Gasteiger partial charge in [0.2, 0.25) is 0 Å². The van der Waals surface area contributed by atoms with Crippen LogP contribution in [0.4, 0.5) is 0 Å². The molecule has 0 heterocycles. The van der Waals surface area contributed by atoms with Crippen LogP contribution in [0.15, 0.2) is 0 Å². The van der Waals surface area contributed by atoms with Crippen molar-refractivity contribution in [2.45, 2.75) is 46.1 Å². The van der Waals surface area contributed by atoms with Crippen molar-refractivity contribution in [3.8, 4) is 0 Å². The Morgan fingerprint density at radius 3 is 2.50 bits per heavy atom. The summed E-state index contributed by atoms with van der Waals surface area (Å²) in [6.07, 6.45) is 4.15. The first kappa shape index (κ1) is 12.0. The largest absolute Gasteiger partial charge is 0.315 e. The predicted octanol–water partition coefficient (Wildman–Crippen LogP) is 2.01. The third kappa shape index (κ3) is 4.97. The van der Waals surface area contributed by atoms with Crippen molar-refractivity contribution in [3.63, 3.8) is 0 Å². The van der Waals surface area contributed by atoms with Crippen molar-refractivity contribution in [1.82, 2.24) is 10.6 Å². The highest BCUT2D eigenvalue weighted by Crippen LogP contribution is 2.35. The zero-order chi connectivity index (χ0) is 10.4. The molecular formula is C12H26N2. The van der Waals surface area contributed by atoms with Gasteiger partial charge in [-0.15, -0.1) is 0 Å². The van der Waals surface area contributed by atoms with Gasteiger partial charge in [0, 0.05) is 19.1 Å². The maximum Gasteiger partial charge on any atom is 0.00792 e. The maximum atomic E-state index is 3.52. The summed E-state index contributed by atoms with van der Waals surface area (Å²) in [5, 5.41) is 7.01. The van der Waals surface area contributed by atoms with Gasteiger partial charge in [0.15, 0.2) is 0 Å². The zero-order valence-electron chi connectivity index (χ0n) is 9.97. The Bertz CT molecular complexity index is 143. The van der Waals surface area contributed by atoms with E-state index < -0.39 is 0 Å². The van der Waals surface area contributed by atoms with E-state index in [4.69, 9.17) is 0 Å². The molecule has 1 fully saturated rings. The molecule has 84 valence electrons. The highest BCUT2D eigenvalue weighted by Gasteiger charge is 2.27. The van der Waals surface area contributed by atoms with Gasteiger partial charge in [0.25, 0.3) is 0 Å². The van der Waals surface area contributed by atoms with Crippen molar-refractivity contribution in [3.05, 3.63) is 0 Å². The molecule has 0 aromatic rings. The van der Waals surface area contributed by atoms with Gasteiger partial charge in [-0.3, -0.25) is 0 Å². The molecule has 2 unspecified atom stereocenters. The molecule has 2 nitrogen and oxygen atoms in total. The van der Waals surface area contributed by atoms with Crippen molar-refractivity contribution in [2.75, 3.05) is 19.6 Å². The van der Waals surface area contributed by atoms with Gasteiger partial charge >= 0.3 is 0 Å². The standard InChI is InChI=1S/C12H26N2/c1-4-11(3)14-8-7-13-9-10(2)12-5-6-12/h10-14H,4-9H2,1-3H3. The Kier molecular flexibility index (Phi) is 5.49. The summed E-state index contributed by atoms with van der Waals surface area (Å²) in [5.74, 6) is 1.92. The second-order valence-corrected chi connectivity index (χ2v) is 4.78. The first-order chi connectivity index (χ1) is 6.74. The lowest BCUT2D eigenvalue weighted by Crippen LogP contribution is -2.34. The number of hydrogen-bond acceptors (Lipinski definition) is 2. The lowest BCUT2D eigenvalue weighted by Gasteiger charge is -2.14. The monoisotopic (exact) mass is 198 g/mol. The molecule has 1 rings (SSSR count). The predicted molar refractivity (Wildman–Crippen MR) is 62.5 cm³/mol. The molecule has 14 heavy (non-hydrogen) atoms. The van der Waals surface area contributed by atoms with Crippen molar-refractivity contribution >= 4 is 0 Å². The van der Waals surface area contributed by atoms with E-state index >= 15 is 0 Å². The average molecular weight is 198 g/mol. The van der Waals surface area contributed by atoms with E-state index in [-0.39, 0.29) is 0 Å². The second-order valence-electron chi connectivity index (χ2n) is 4.78. The molecule has 2 heteroatoms. The van der Waals surface area contributed by atoms with Gasteiger partial charge in [-0.05, 0) is 44.6 Å². The molecule has 0 aliphatic heterocycles. The van der Waals surface area contributed by atoms with Crippen LogP contribution >= 0.6 is 0 Å². The fourth-order valence-electron chi connectivity index (χ4n) is 1.71. The van der Waals surface area contributed by atoms with Crippen LogP contribution in [-0.4, -0.2) is 25.7 Å².